The van der Waals surface area contributed by atoms with Gasteiger partial charge in [-0.3, -0.25) is 4.79 Å². The van der Waals surface area contributed by atoms with Crippen molar-refractivity contribution in [3.8, 4) is 16.9 Å². The van der Waals surface area contributed by atoms with E-state index in [9.17, 15) is 9.59 Å². The Morgan fingerprint density at radius 3 is 2.58 bits per heavy atom. The van der Waals surface area contributed by atoms with E-state index in [2.05, 4.69) is 15.5 Å². The zero-order chi connectivity index (χ0) is 27.2. The molecule has 0 aliphatic carbocycles. The van der Waals surface area contributed by atoms with Crippen LogP contribution in [0, 0.1) is 6.92 Å². The van der Waals surface area contributed by atoms with E-state index in [4.69, 9.17) is 21.1 Å². The number of nitrogens with zero attached hydrogens (tertiary/aromatic N) is 3. The lowest BCUT2D eigenvalue weighted by molar-refractivity contribution is -0.113. The molecule has 198 valence electrons. The molecule has 0 spiro atoms. The molecule has 0 aliphatic rings. The van der Waals surface area contributed by atoms with Crippen LogP contribution >= 0.6 is 34.7 Å². The number of hydrogen-bond acceptors (Lipinski definition) is 8. The number of aromatic nitrogens is 3. The van der Waals surface area contributed by atoms with Crippen molar-refractivity contribution in [2.45, 2.75) is 38.6 Å². The van der Waals surface area contributed by atoms with Crippen molar-refractivity contribution < 1.29 is 19.1 Å². The second-order valence-corrected chi connectivity index (χ2v) is 10.6. The van der Waals surface area contributed by atoms with E-state index in [1.807, 2.05) is 67.1 Å². The number of para-hydroxylation sites is 1. The van der Waals surface area contributed by atoms with Crippen molar-refractivity contribution in [2.24, 2.45) is 0 Å². The zero-order valence-corrected chi connectivity index (χ0v) is 23.7. The molecule has 0 fully saturated rings. The van der Waals surface area contributed by atoms with Gasteiger partial charge < -0.3 is 19.4 Å². The third-order valence-electron chi connectivity index (χ3n) is 5.69. The van der Waals surface area contributed by atoms with E-state index in [-0.39, 0.29) is 11.7 Å². The van der Waals surface area contributed by atoms with Gasteiger partial charge in [0.05, 0.1) is 17.9 Å². The van der Waals surface area contributed by atoms with Crippen LogP contribution in [-0.2, 0) is 16.1 Å². The van der Waals surface area contributed by atoms with Crippen LogP contribution in [0.15, 0.2) is 59.1 Å². The second-order valence-electron chi connectivity index (χ2n) is 8.32. The minimum Gasteiger partial charge on any atom is -0.481 e. The van der Waals surface area contributed by atoms with E-state index in [0.717, 1.165) is 11.1 Å². The number of carbonyl (C=O) groups is 2. The van der Waals surface area contributed by atoms with E-state index in [0.29, 0.717) is 44.4 Å². The van der Waals surface area contributed by atoms with Crippen molar-refractivity contribution in [1.29, 1.82) is 0 Å². The Morgan fingerprint density at radius 1 is 1.16 bits per heavy atom. The highest BCUT2D eigenvalue weighted by atomic mass is 35.5. The maximum Gasteiger partial charge on any atom is 0.341 e. The van der Waals surface area contributed by atoms with Crippen LogP contribution in [0.25, 0.3) is 11.1 Å². The number of rotatable bonds is 10. The number of thioether (sulfide) groups is 1. The minimum absolute atomic E-state index is 0.0796. The summed E-state index contributed by atoms with van der Waals surface area (Å²) in [6.07, 6.45) is -0.403. The standard InChI is InChI=1S/C27H27ClN4O4S2/c1-5-32-24(17(3)36-21-9-7-6-8-20(21)28)30-31-27(32)38-15-22(33)29-25-23(26(34)35-4)19(14-37-25)18-12-10-16(2)11-13-18/h6-14,17H,5,15H2,1-4H3,(H,29,33). The smallest absolute Gasteiger partial charge is 0.341 e. The molecular formula is C27H27ClN4O4S2. The number of esters is 1. The molecule has 8 nitrogen and oxygen atoms in total. The van der Waals surface area contributed by atoms with Crippen LogP contribution in [0.3, 0.4) is 0 Å². The van der Waals surface area contributed by atoms with Gasteiger partial charge in [-0.25, -0.2) is 4.79 Å². The Morgan fingerprint density at radius 2 is 1.89 bits per heavy atom. The Balaban J connectivity index is 1.46. The molecule has 0 aliphatic heterocycles. The summed E-state index contributed by atoms with van der Waals surface area (Å²) in [5.74, 6) is 0.487. The molecule has 4 aromatic rings. The fraction of sp³-hybridized carbons (Fsp3) is 0.259. The van der Waals surface area contributed by atoms with Gasteiger partial charge in [0.15, 0.2) is 17.1 Å². The van der Waals surface area contributed by atoms with Gasteiger partial charge in [-0.05, 0) is 38.5 Å². The summed E-state index contributed by atoms with van der Waals surface area (Å²) in [7, 11) is 1.33. The van der Waals surface area contributed by atoms with Gasteiger partial charge in [0.1, 0.15) is 16.3 Å². The number of anilines is 1. The highest BCUT2D eigenvalue weighted by Crippen LogP contribution is 2.36. The minimum atomic E-state index is -0.507. The number of nitrogens with one attached hydrogen (secondary N) is 1. The molecule has 0 bridgehead atoms. The molecule has 2 aromatic heterocycles. The molecule has 4 rings (SSSR count). The lowest BCUT2D eigenvalue weighted by Gasteiger charge is -2.16. The average Bonchev–Trinajstić information content (AvgIpc) is 3.52. The number of aryl methyl sites for hydroxylation is 1. The summed E-state index contributed by atoms with van der Waals surface area (Å²) >= 11 is 8.76. The molecular weight excluding hydrogens is 544 g/mol. The van der Waals surface area contributed by atoms with Crippen molar-refractivity contribution >= 4 is 51.6 Å². The molecule has 38 heavy (non-hydrogen) atoms. The third kappa shape index (κ3) is 6.20. The van der Waals surface area contributed by atoms with E-state index in [1.165, 1.54) is 30.2 Å². The van der Waals surface area contributed by atoms with Gasteiger partial charge in [0.2, 0.25) is 5.91 Å². The van der Waals surface area contributed by atoms with Crippen LogP contribution in [0.5, 0.6) is 5.75 Å². The van der Waals surface area contributed by atoms with Gasteiger partial charge in [0.25, 0.3) is 0 Å². The fourth-order valence-electron chi connectivity index (χ4n) is 3.78. The van der Waals surface area contributed by atoms with Crippen LogP contribution in [0.4, 0.5) is 5.00 Å². The molecule has 1 amide bonds. The monoisotopic (exact) mass is 570 g/mol. The van der Waals surface area contributed by atoms with E-state index < -0.39 is 12.1 Å². The van der Waals surface area contributed by atoms with Crippen molar-refractivity contribution in [2.75, 3.05) is 18.2 Å². The maximum absolute atomic E-state index is 12.9. The van der Waals surface area contributed by atoms with E-state index in [1.54, 1.807) is 12.1 Å². The van der Waals surface area contributed by atoms with Crippen LogP contribution in [0.2, 0.25) is 5.02 Å². The number of thiophene rings is 1. The summed E-state index contributed by atoms with van der Waals surface area (Å²) in [5, 5.41) is 14.8. The van der Waals surface area contributed by atoms with Gasteiger partial charge >= 0.3 is 5.97 Å². The Labute approximate surface area is 234 Å². The summed E-state index contributed by atoms with van der Waals surface area (Å²) in [5.41, 5.74) is 3.04. The number of methoxy groups -OCH3 is 1. The lowest BCUT2D eigenvalue weighted by atomic mass is 10.0. The molecule has 1 atom stereocenters. The van der Waals surface area contributed by atoms with E-state index >= 15 is 0 Å². The molecule has 1 unspecified atom stereocenters. The summed E-state index contributed by atoms with van der Waals surface area (Å²) in [4.78, 5) is 25.5. The maximum atomic E-state index is 12.9. The number of carbonyl (C=O) groups excluding carboxylic acids is 2. The fourth-order valence-corrected chi connectivity index (χ4v) is 5.74. The highest BCUT2D eigenvalue weighted by molar-refractivity contribution is 7.99. The van der Waals surface area contributed by atoms with Gasteiger partial charge in [-0.2, -0.15) is 0 Å². The Hall–Kier alpha value is -3.34. The highest BCUT2D eigenvalue weighted by Gasteiger charge is 2.24. The third-order valence-corrected chi connectivity index (χ3v) is 7.87. The molecule has 2 heterocycles. The summed E-state index contributed by atoms with van der Waals surface area (Å²) in [6.45, 7) is 6.44. The molecule has 1 N–H and O–H groups in total. The number of halogens is 1. The first kappa shape index (κ1) is 27.7. The first-order chi connectivity index (χ1) is 18.3. The summed E-state index contributed by atoms with van der Waals surface area (Å²) in [6, 6.07) is 15.1. The van der Waals surface area contributed by atoms with Gasteiger partial charge in [-0.15, -0.1) is 21.5 Å². The topological polar surface area (TPSA) is 95.3 Å². The Kier molecular flexibility index (Phi) is 9.09. The SMILES string of the molecule is CCn1c(SCC(=O)Nc2scc(-c3ccc(C)cc3)c2C(=O)OC)nnc1C(C)Oc1ccccc1Cl. The number of amides is 1. The summed E-state index contributed by atoms with van der Waals surface area (Å²) < 4.78 is 12.9. The van der Waals surface area contributed by atoms with Crippen molar-refractivity contribution in [3.63, 3.8) is 0 Å². The van der Waals surface area contributed by atoms with Crippen molar-refractivity contribution in [3.05, 3.63) is 75.9 Å². The first-order valence-corrected chi connectivity index (χ1v) is 14.1. The normalized spacial score (nSPS) is 11.7. The van der Waals surface area contributed by atoms with Crippen LogP contribution in [0.1, 0.15) is 41.7 Å². The van der Waals surface area contributed by atoms with Gasteiger partial charge in [-0.1, -0.05) is 65.3 Å². The van der Waals surface area contributed by atoms with Crippen molar-refractivity contribution in [1.82, 2.24) is 14.8 Å². The molecule has 2 aromatic carbocycles. The molecule has 0 saturated heterocycles. The molecule has 0 saturated carbocycles. The lowest BCUT2D eigenvalue weighted by Crippen LogP contribution is -2.17. The van der Waals surface area contributed by atoms with Crippen LogP contribution in [-0.4, -0.2) is 39.5 Å². The second kappa shape index (κ2) is 12.5. The van der Waals surface area contributed by atoms with Crippen LogP contribution < -0.4 is 10.1 Å². The number of hydrogen-bond donors (Lipinski definition) is 1. The number of ether oxygens (including phenoxy) is 2. The average molecular weight is 571 g/mol. The predicted molar refractivity (Wildman–Crippen MR) is 151 cm³/mol. The molecule has 11 heteroatoms. The first-order valence-electron chi connectivity index (χ1n) is 11.9. The molecule has 0 radical (unpaired) electrons. The van der Waals surface area contributed by atoms with Gasteiger partial charge in [0, 0.05) is 17.5 Å². The largest absolute Gasteiger partial charge is 0.481 e. The zero-order valence-electron chi connectivity index (χ0n) is 21.4. The quantitative estimate of drug-likeness (QED) is 0.168. The Bertz CT molecular complexity index is 1440. The predicted octanol–water partition coefficient (Wildman–Crippen LogP) is 6.65. The number of benzene rings is 2.